The smallest absolute Gasteiger partial charge is 0.124 e. The summed E-state index contributed by atoms with van der Waals surface area (Å²) < 4.78 is 0. The predicted molar refractivity (Wildman–Crippen MR) is 129 cm³/mol. The number of fused-ring (bicyclic) bond motifs is 4. The lowest BCUT2D eigenvalue weighted by Gasteiger charge is -2.35. The first-order valence-corrected chi connectivity index (χ1v) is 11.8. The van der Waals surface area contributed by atoms with Gasteiger partial charge in [0.1, 0.15) is 4.83 Å². The van der Waals surface area contributed by atoms with E-state index in [4.69, 9.17) is 4.98 Å². The summed E-state index contributed by atoms with van der Waals surface area (Å²) in [6, 6.07) is 9.17. The van der Waals surface area contributed by atoms with Crippen LogP contribution in [0.1, 0.15) is 67.3 Å². The first kappa shape index (κ1) is 20.9. The molecule has 3 aromatic rings. The molecule has 0 aliphatic heterocycles. The third-order valence-corrected chi connectivity index (χ3v) is 8.19. The van der Waals surface area contributed by atoms with Gasteiger partial charge in [0, 0.05) is 16.0 Å². The molecule has 1 atom stereocenters. The highest BCUT2D eigenvalue weighted by molar-refractivity contribution is 7.19. The summed E-state index contributed by atoms with van der Waals surface area (Å²) >= 11 is 1.98. The van der Waals surface area contributed by atoms with Gasteiger partial charge in [0.25, 0.3) is 0 Å². The number of nitrogens with zero attached hydrogens (tertiary/aromatic N) is 1. The van der Waals surface area contributed by atoms with E-state index in [2.05, 4.69) is 52.0 Å². The maximum atomic E-state index is 5.26. The third kappa shape index (κ3) is 3.64. The van der Waals surface area contributed by atoms with Gasteiger partial charge in [-0.15, -0.1) is 23.7 Å². The molecule has 1 aromatic carbocycles. The molecular formula is C26H32ClNS. The van der Waals surface area contributed by atoms with Crippen molar-refractivity contribution in [2.75, 3.05) is 0 Å². The lowest BCUT2D eigenvalue weighted by Crippen LogP contribution is -2.27. The molecule has 0 spiro atoms. The van der Waals surface area contributed by atoms with Crippen molar-refractivity contribution in [2.24, 2.45) is 11.3 Å². The highest BCUT2D eigenvalue weighted by Gasteiger charge is 2.33. The standard InChI is InChI=1S/C26H31NS.ClH/c1-16-8-7-9-17(14-16)23-20-15-18(26(2,3)4)12-13-21(20)27-25-24(23)19-10-5-6-11-22(19)28-25;/h7-9,14,18H,5-6,10-13,15H2,1-4H3;1H. The summed E-state index contributed by atoms with van der Waals surface area (Å²) in [5, 5.41) is 1.50. The average Bonchev–Trinajstić information content (AvgIpc) is 3.03. The predicted octanol–water partition coefficient (Wildman–Crippen LogP) is 7.72. The van der Waals surface area contributed by atoms with Gasteiger partial charge < -0.3 is 0 Å². The van der Waals surface area contributed by atoms with Crippen LogP contribution >= 0.6 is 23.7 Å². The second-order valence-electron chi connectivity index (χ2n) is 9.98. The Morgan fingerprint density at radius 2 is 1.83 bits per heavy atom. The van der Waals surface area contributed by atoms with Gasteiger partial charge in [0.05, 0.1) is 0 Å². The maximum Gasteiger partial charge on any atom is 0.124 e. The summed E-state index contributed by atoms with van der Waals surface area (Å²) in [6.07, 6.45) is 8.73. The van der Waals surface area contributed by atoms with Crippen LogP contribution in [0.3, 0.4) is 0 Å². The Morgan fingerprint density at radius 1 is 1.03 bits per heavy atom. The van der Waals surface area contributed by atoms with E-state index in [1.165, 1.54) is 71.1 Å². The fourth-order valence-corrected chi connectivity index (χ4v) is 6.61. The molecule has 0 saturated carbocycles. The molecule has 29 heavy (non-hydrogen) atoms. The van der Waals surface area contributed by atoms with Gasteiger partial charge in [-0.1, -0.05) is 50.6 Å². The molecule has 154 valence electrons. The van der Waals surface area contributed by atoms with Crippen molar-refractivity contribution in [2.45, 2.75) is 72.6 Å². The minimum absolute atomic E-state index is 0. The van der Waals surface area contributed by atoms with Gasteiger partial charge >= 0.3 is 0 Å². The van der Waals surface area contributed by atoms with E-state index >= 15 is 0 Å². The normalized spacial score (nSPS) is 18.8. The minimum atomic E-state index is 0. The highest BCUT2D eigenvalue weighted by atomic mass is 35.5. The van der Waals surface area contributed by atoms with E-state index < -0.39 is 0 Å². The number of thiophene rings is 1. The van der Waals surface area contributed by atoms with E-state index in [0.717, 1.165) is 12.3 Å². The van der Waals surface area contributed by atoms with Crippen LogP contribution in [0.15, 0.2) is 24.3 Å². The van der Waals surface area contributed by atoms with Crippen molar-refractivity contribution in [1.29, 1.82) is 0 Å². The molecule has 2 aliphatic carbocycles. The van der Waals surface area contributed by atoms with Crippen molar-refractivity contribution in [3.8, 4) is 11.1 Å². The molecular weight excluding hydrogens is 394 g/mol. The Labute approximate surface area is 185 Å². The molecule has 0 radical (unpaired) electrons. The van der Waals surface area contributed by atoms with Gasteiger partial charge in [-0.3, -0.25) is 0 Å². The van der Waals surface area contributed by atoms with Crippen LogP contribution in [0.4, 0.5) is 0 Å². The van der Waals surface area contributed by atoms with Crippen molar-refractivity contribution in [1.82, 2.24) is 4.98 Å². The Kier molecular flexibility index (Phi) is 5.55. The van der Waals surface area contributed by atoms with Crippen LogP contribution in [0.5, 0.6) is 0 Å². The summed E-state index contributed by atoms with van der Waals surface area (Å²) in [5.74, 6) is 0.734. The fraction of sp³-hybridized carbons (Fsp3) is 0.500. The van der Waals surface area contributed by atoms with E-state index in [0.29, 0.717) is 5.41 Å². The van der Waals surface area contributed by atoms with Crippen LogP contribution in [0.2, 0.25) is 0 Å². The fourth-order valence-electron chi connectivity index (χ4n) is 5.32. The number of benzene rings is 1. The lowest BCUT2D eigenvalue weighted by molar-refractivity contribution is 0.215. The number of rotatable bonds is 1. The van der Waals surface area contributed by atoms with Crippen molar-refractivity contribution in [3.63, 3.8) is 0 Å². The van der Waals surface area contributed by atoms with Crippen LogP contribution in [-0.4, -0.2) is 4.98 Å². The summed E-state index contributed by atoms with van der Waals surface area (Å²) in [5.41, 5.74) is 9.18. The van der Waals surface area contributed by atoms with Gasteiger partial charge in [-0.2, -0.15) is 0 Å². The monoisotopic (exact) mass is 425 g/mol. The molecule has 2 heterocycles. The summed E-state index contributed by atoms with van der Waals surface area (Å²) in [7, 11) is 0. The molecule has 2 aromatic heterocycles. The van der Waals surface area contributed by atoms with Gasteiger partial charge in [-0.25, -0.2) is 4.98 Å². The molecule has 2 aliphatic rings. The number of aromatic nitrogens is 1. The summed E-state index contributed by atoms with van der Waals surface area (Å²) in [4.78, 5) is 8.18. The quantitative estimate of drug-likeness (QED) is 0.388. The number of halogens is 1. The Morgan fingerprint density at radius 3 is 2.59 bits per heavy atom. The van der Waals surface area contributed by atoms with Crippen molar-refractivity contribution in [3.05, 3.63) is 51.5 Å². The first-order valence-electron chi connectivity index (χ1n) is 10.9. The molecule has 1 nitrogen and oxygen atoms in total. The Hall–Kier alpha value is -1.38. The minimum Gasteiger partial charge on any atom is -0.242 e. The van der Waals surface area contributed by atoms with E-state index in [-0.39, 0.29) is 12.4 Å². The SMILES string of the molecule is Cc1cccc(-c2c3c(nc4sc5c(c24)CCCC5)CCC(C(C)(C)C)C3)c1.Cl. The Bertz CT molecular complexity index is 1060. The zero-order valence-electron chi connectivity index (χ0n) is 18.1. The van der Waals surface area contributed by atoms with E-state index in [1.54, 1.807) is 16.0 Å². The van der Waals surface area contributed by atoms with Crippen LogP contribution < -0.4 is 0 Å². The van der Waals surface area contributed by atoms with E-state index in [9.17, 15) is 0 Å². The molecule has 0 saturated heterocycles. The van der Waals surface area contributed by atoms with Crippen LogP contribution in [-0.2, 0) is 25.7 Å². The molecule has 1 unspecified atom stereocenters. The number of hydrogen-bond donors (Lipinski definition) is 0. The topological polar surface area (TPSA) is 12.9 Å². The molecule has 0 N–H and O–H groups in total. The molecule has 0 fully saturated rings. The number of aryl methyl sites for hydroxylation is 4. The van der Waals surface area contributed by atoms with Gasteiger partial charge in [-0.05, 0) is 85.5 Å². The largest absolute Gasteiger partial charge is 0.242 e. The first-order chi connectivity index (χ1) is 13.4. The van der Waals surface area contributed by atoms with Gasteiger partial charge in [0.15, 0.2) is 0 Å². The number of hydrogen-bond acceptors (Lipinski definition) is 2. The van der Waals surface area contributed by atoms with E-state index in [1.807, 2.05) is 11.3 Å². The molecule has 3 heteroatoms. The zero-order valence-corrected chi connectivity index (χ0v) is 19.7. The lowest BCUT2D eigenvalue weighted by atomic mass is 9.70. The van der Waals surface area contributed by atoms with Crippen LogP contribution in [0, 0.1) is 18.3 Å². The van der Waals surface area contributed by atoms with Gasteiger partial charge in [0.2, 0.25) is 0 Å². The second-order valence-corrected chi connectivity index (χ2v) is 11.1. The van der Waals surface area contributed by atoms with Crippen molar-refractivity contribution >= 4 is 34.0 Å². The third-order valence-electron chi connectivity index (χ3n) is 7.00. The second kappa shape index (κ2) is 7.71. The molecule has 0 amide bonds. The molecule has 5 rings (SSSR count). The molecule has 0 bridgehead atoms. The average molecular weight is 426 g/mol. The zero-order chi connectivity index (χ0) is 19.5. The number of pyridine rings is 1. The maximum absolute atomic E-state index is 5.26. The Balaban J connectivity index is 0.00000205. The summed E-state index contributed by atoms with van der Waals surface area (Å²) in [6.45, 7) is 9.45. The highest BCUT2D eigenvalue weighted by Crippen LogP contribution is 2.47. The van der Waals surface area contributed by atoms with Crippen LogP contribution in [0.25, 0.3) is 21.3 Å². The van der Waals surface area contributed by atoms with Crippen molar-refractivity contribution < 1.29 is 0 Å².